The molecule has 0 unspecified atom stereocenters. The Morgan fingerprint density at radius 2 is 2.11 bits per heavy atom. The van der Waals surface area contributed by atoms with E-state index in [0.717, 1.165) is 25.7 Å². The predicted molar refractivity (Wildman–Crippen MR) is 69.8 cm³/mol. The maximum atomic E-state index is 12.4. The first-order valence-electron chi connectivity index (χ1n) is 6.61. The molecule has 1 aliphatic rings. The summed E-state index contributed by atoms with van der Waals surface area (Å²) >= 11 is 0. The molecule has 1 saturated carbocycles. The van der Waals surface area contributed by atoms with Crippen LogP contribution in [0.4, 0.5) is 0 Å². The van der Waals surface area contributed by atoms with Crippen LogP contribution in [0.15, 0.2) is 24.5 Å². The Kier molecular flexibility index (Phi) is 4.49. The second-order valence-corrected chi connectivity index (χ2v) is 4.82. The van der Waals surface area contributed by atoms with Crippen molar-refractivity contribution >= 4 is 11.9 Å². The van der Waals surface area contributed by atoms with Crippen molar-refractivity contribution in [3.05, 3.63) is 30.1 Å². The molecule has 5 heteroatoms. The fourth-order valence-electron chi connectivity index (χ4n) is 2.54. The largest absolute Gasteiger partial charge is 0.481 e. The van der Waals surface area contributed by atoms with Gasteiger partial charge in [0.2, 0.25) is 0 Å². The molecule has 1 amide bonds. The number of pyridine rings is 1. The Hall–Kier alpha value is -1.91. The molecular weight excluding hydrogens is 244 g/mol. The van der Waals surface area contributed by atoms with Gasteiger partial charge in [-0.3, -0.25) is 14.6 Å². The zero-order valence-electron chi connectivity index (χ0n) is 10.8. The van der Waals surface area contributed by atoms with E-state index in [-0.39, 0.29) is 24.9 Å². The number of aromatic nitrogens is 1. The number of aliphatic carboxylic acids is 1. The molecule has 0 spiro atoms. The van der Waals surface area contributed by atoms with Gasteiger partial charge >= 0.3 is 5.97 Å². The van der Waals surface area contributed by atoms with Crippen molar-refractivity contribution in [3.63, 3.8) is 0 Å². The minimum absolute atomic E-state index is 0.0114. The van der Waals surface area contributed by atoms with Gasteiger partial charge < -0.3 is 10.0 Å². The van der Waals surface area contributed by atoms with E-state index in [1.807, 2.05) is 0 Å². The zero-order chi connectivity index (χ0) is 13.7. The first-order valence-corrected chi connectivity index (χ1v) is 6.61. The highest BCUT2D eigenvalue weighted by Crippen LogP contribution is 2.25. The number of hydrogen-bond acceptors (Lipinski definition) is 3. The van der Waals surface area contributed by atoms with Gasteiger partial charge in [0.1, 0.15) is 0 Å². The van der Waals surface area contributed by atoms with E-state index in [1.54, 1.807) is 23.2 Å². The van der Waals surface area contributed by atoms with Gasteiger partial charge in [0, 0.05) is 25.0 Å². The second-order valence-electron chi connectivity index (χ2n) is 4.82. The van der Waals surface area contributed by atoms with Gasteiger partial charge in [0.15, 0.2) is 0 Å². The van der Waals surface area contributed by atoms with Crippen LogP contribution in [0.25, 0.3) is 0 Å². The number of carbonyl (C=O) groups is 2. The van der Waals surface area contributed by atoms with Crippen molar-refractivity contribution < 1.29 is 14.7 Å². The molecule has 0 bridgehead atoms. The Morgan fingerprint density at radius 3 is 2.68 bits per heavy atom. The average molecular weight is 262 g/mol. The SMILES string of the molecule is O=C(O)CCN(C(=O)c1cccnc1)C1CCCC1. The summed E-state index contributed by atoms with van der Waals surface area (Å²) in [6, 6.07) is 3.61. The summed E-state index contributed by atoms with van der Waals surface area (Å²) in [7, 11) is 0. The van der Waals surface area contributed by atoms with Crippen LogP contribution in [-0.2, 0) is 4.79 Å². The number of amides is 1. The average Bonchev–Trinajstić information content (AvgIpc) is 2.93. The van der Waals surface area contributed by atoms with Gasteiger partial charge in [-0.25, -0.2) is 0 Å². The Labute approximate surface area is 112 Å². The smallest absolute Gasteiger partial charge is 0.305 e. The van der Waals surface area contributed by atoms with Gasteiger partial charge in [-0.1, -0.05) is 12.8 Å². The van der Waals surface area contributed by atoms with E-state index in [1.165, 1.54) is 6.20 Å². The van der Waals surface area contributed by atoms with Crippen molar-refractivity contribution in [1.82, 2.24) is 9.88 Å². The van der Waals surface area contributed by atoms with Crippen LogP contribution in [0.2, 0.25) is 0 Å². The molecule has 0 saturated heterocycles. The molecule has 0 radical (unpaired) electrons. The summed E-state index contributed by atoms with van der Waals surface area (Å²) in [6.07, 6.45) is 7.28. The lowest BCUT2D eigenvalue weighted by Crippen LogP contribution is -2.40. The number of rotatable bonds is 5. The summed E-state index contributed by atoms with van der Waals surface area (Å²) in [5.74, 6) is -0.983. The number of carboxylic acid groups (broad SMARTS) is 1. The summed E-state index contributed by atoms with van der Waals surface area (Å²) in [5, 5.41) is 8.81. The molecule has 1 aromatic heterocycles. The minimum Gasteiger partial charge on any atom is -0.481 e. The highest BCUT2D eigenvalue weighted by Gasteiger charge is 2.27. The van der Waals surface area contributed by atoms with E-state index in [2.05, 4.69) is 4.98 Å². The monoisotopic (exact) mass is 262 g/mol. The fraction of sp³-hybridized carbons (Fsp3) is 0.500. The number of carboxylic acids is 1. The topological polar surface area (TPSA) is 70.5 Å². The molecule has 0 atom stereocenters. The third-order valence-electron chi connectivity index (χ3n) is 3.50. The van der Waals surface area contributed by atoms with Crippen LogP contribution in [0, 0.1) is 0 Å². The van der Waals surface area contributed by atoms with Crippen molar-refractivity contribution in [3.8, 4) is 0 Å². The normalized spacial score (nSPS) is 15.4. The van der Waals surface area contributed by atoms with Gasteiger partial charge in [0.05, 0.1) is 12.0 Å². The van der Waals surface area contributed by atoms with Crippen molar-refractivity contribution in [2.45, 2.75) is 38.1 Å². The van der Waals surface area contributed by atoms with Crippen LogP contribution in [0.5, 0.6) is 0 Å². The lowest BCUT2D eigenvalue weighted by Gasteiger charge is -2.28. The molecule has 2 rings (SSSR count). The van der Waals surface area contributed by atoms with Gasteiger partial charge in [-0.15, -0.1) is 0 Å². The molecule has 102 valence electrons. The quantitative estimate of drug-likeness (QED) is 0.880. The van der Waals surface area contributed by atoms with E-state index in [9.17, 15) is 9.59 Å². The van der Waals surface area contributed by atoms with Gasteiger partial charge in [0.25, 0.3) is 5.91 Å². The number of hydrogen-bond donors (Lipinski definition) is 1. The Balaban J connectivity index is 2.11. The molecule has 1 heterocycles. The lowest BCUT2D eigenvalue weighted by atomic mass is 10.1. The maximum absolute atomic E-state index is 12.4. The number of nitrogens with zero attached hydrogens (tertiary/aromatic N) is 2. The second kappa shape index (κ2) is 6.31. The van der Waals surface area contributed by atoms with Crippen molar-refractivity contribution in [1.29, 1.82) is 0 Å². The first-order chi connectivity index (χ1) is 9.18. The van der Waals surface area contributed by atoms with E-state index in [0.29, 0.717) is 5.56 Å². The van der Waals surface area contributed by atoms with Crippen LogP contribution < -0.4 is 0 Å². The van der Waals surface area contributed by atoms with Crippen LogP contribution in [0.1, 0.15) is 42.5 Å². The van der Waals surface area contributed by atoms with E-state index < -0.39 is 5.97 Å². The van der Waals surface area contributed by atoms with Crippen LogP contribution in [-0.4, -0.2) is 39.5 Å². The minimum atomic E-state index is -0.873. The zero-order valence-corrected chi connectivity index (χ0v) is 10.8. The van der Waals surface area contributed by atoms with Crippen LogP contribution >= 0.6 is 0 Å². The molecule has 19 heavy (non-hydrogen) atoms. The standard InChI is InChI=1S/C14H18N2O3/c17-13(18)7-9-16(12-5-1-2-6-12)14(19)11-4-3-8-15-10-11/h3-4,8,10,12H,1-2,5-7,9H2,(H,17,18). The summed E-state index contributed by atoms with van der Waals surface area (Å²) < 4.78 is 0. The fourth-order valence-corrected chi connectivity index (χ4v) is 2.54. The van der Waals surface area contributed by atoms with Gasteiger partial charge in [-0.2, -0.15) is 0 Å². The van der Waals surface area contributed by atoms with Crippen molar-refractivity contribution in [2.24, 2.45) is 0 Å². The summed E-state index contributed by atoms with van der Waals surface area (Å²) in [4.78, 5) is 28.8. The Morgan fingerprint density at radius 1 is 1.37 bits per heavy atom. The molecule has 0 aromatic carbocycles. The number of carbonyl (C=O) groups excluding carboxylic acids is 1. The predicted octanol–water partition coefficient (Wildman–Crippen LogP) is 1.94. The maximum Gasteiger partial charge on any atom is 0.305 e. The molecule has 5 nitrogen and oxygen atoms in total. The molecule has 0 aliphatic heterocycles. The van der Waals surface area contributed by atoms with Gasteiger partial charge in [-0.05, 0) is 25.0 Å². The molecule has 1 N–H and O–H groups in total. The Bertz CT molecular complexity index is 441. The molecule has 1 aromatic rings. The highest BCUT2D eigenvalue weighted by molar-refractivity contribution is 5.94. The third kappa shape index (κ3) is 3.53. The third-order valence-corrected chi connectivity index (χ3v) is 3.50. The van der Waals surface area contributed by atoms with Crippen molar-refractivity contribution in [2.75, 3.05) is 6.54 Å². The first kappa shape index (κ1) is 13.5. The van der Waals surface area contributed by atoms with E-state index >= 15 is 0 Å². The van der Waals surface area contributed by atoms with Crippen LogP contribution in [0.3, 0.4) is 0 Å². The lowest BCUT2D eigenvalue weighted by molar-refractivity contribution is -0.137. The highest BCUT2D eigenvalue weighted by atomic mass is 16.4. The molecular formula is C14H18N2O3. The molecule has 1 fully saturated rings. The summed E-state index contributed by atoms with van der Waals surface area (Å²) in [5.41, 5.74) is 0.528. The summed E-state index contributed by atoms with van der Waals surface area (Å²) in [6.45, 7) is 0.272. The van der Waals surface area contributed by atoms with E-state index in [4.69, 9.17) is 5.11 Å². The molecule has 1 aliphatic carbocycles.